The van der Waals surface area contributed by atoms with Crippen LogP contribution in [0.5, 0.6) is 0 Å². The number of rotatable bonds is 2. The van der Waals surface area contributed by atoms with E-state index in [-0.39, 0.29) is 6.09 Å². The maximum Gasteiger partial charge on any atom is 0.410 e. The van der Waals surface area contributed by atoms with Gasteiger partial charge in [0.2, 0.25) is 0 Å². The molecule has 0 saturated carbocycles. The van der Waals surface area contributed by atoms with Gasteiger partial charge in [0.25, 0.3) is 0 Å². The Morgan fingerprint density at radius 1 is 1.25 bits per heavy atom. The fourth-order valence-electron chi connectivity index (χ4n) is 2.84. The van der Waals surface area contributed by atoms with Gasteiger partial charge >= 0.3 is 6.09 Å². The molecular formula is C18H23BrN2O3. The van der Waals surface area contributed by atoms with Crippen molar-refractivity contribution in [3.05, 3.63) is 34.5 Å². The molecule has 24 heavy (non-hydrogen) atoms. The molecule has 0 radical (unpaired) electrons. The maximum atomic E-state index is 12.1. The normalized spacial score (nSPS) is 16.6. The number of hydrogen-bond donors (Lipinski definition) is 0. The highest BCUT2D eigenvalue weighted by atomic mass is 79.9. The van der Waals surface area contributed by atoms with Gasteiger partial charge in [-0.2, -0.15) is 0 Å². The van der Waals surface area contributed by atoms with Gasteiger partial charge in [0.05, 0.1) is 6.26 Å². The first-order valence-electron chi connectivity index (χ1n) is 8.18. The Labute approximate surface area is 150 Å². The summed E-state index contributed by atoms with van der Waals surface area (Å²) in [5.74, 6) is 0. The van der Waals surface area contributed by atoms with E-state index >= 15 is 0 Å². The van der Waals surface area contributed by atoms with Crippen molar-refractivity contribution in [1.29, 1.82) is 0 Å². The largest absolute Gasteiger partial charge is 0.464 e. The smallest absolute Gasteiger partial charge is 0.410 e. The molecule has 3 rings (SSSR count). The molecular weight excluding hydrogens is 372 g/mol. The highest BCUT2D eigenvalue weighted by Gasteiger charge is 2.26. The van der Waals surface area contributed by atoms with Gasteiger partial charge < -0.3 is 14.1 Å². The van der Waals surface area contributed by atoms with Gasteiger partial charge in [-0.1, -0.05) is 15.9 Å². The number of piperazine rings is 1. The molecule has 130 valence electrons. The lowest BCUT2D eigenvalue weighted by Crippen LogP contribution is -2.49. The summed E-state index contributed by atoms with van der Waals surface area (Å²) in [5.41, 5.74) is 1.63. The van der Waals surface area contributed by atoms with Gasteiger partial charge in [-0.05, 0) is 39.0 Å². The standard InChI is InChI=1S/C18H23BrN2O3/c1-18(2,3)24-17(22)21-8-6-20(7-9-21)11-13-12-23-16-10-14(19)4-5-15(13)16/h4-5,10,12H,6-9,11H2,1-3H3. The molecule has 1 aromatic heterocycles. The van der Waals surface area contributed by atoms with Gasteiger partial charge in [0.1, 0.15) is 11.2 Å². The summed E-state index contributed by atoms with van der Waals surface area (Å²) >= 11 is 3.46. The topological polar surface area (TPSA) is 45.9 Å². The van der Waals surface area contributed by atoms with Crippen molar-refractivity contribution in [3.63, 3.8) is 0 Å². The SMILES string of the molecule is CC(C)(C)OC(=O)N1CCN(Cc2coc3cc(Br)ccc23)CC1. The van der Waals surface area contributed by atoms with E-state index in [1.807, 2.05) is 39.2 Å². The second-order valence-corrected chi connectivity index (χ2v) is 8.06. The average molecular weight is 395 g/mol. The van der Waals surface area contributed by atoms with Crippen LogP contribution in [-0.2, 0) is 11.3 Å². The molecule has 5 nitrogen and oxygen atoms in total. The molecule has 0 spiro atoms. The number of ether oxygens (including phenoxy) is 1. The molecule has 0 unspecified atom stereocenters. The second kappa shape index (κ2) is 6.76. The van der Waals surface area contributed by atoms with Crippen molar-refractivity contribution in [1.82, 2.24) is 9.80 Å². The van der Waals surface area contributed by atoms with Crippen LogP contribution in [0.15, 0.2) is 33.4 Å². The van der Waals surface area contributed by atoms with E-state index in [1.165, 1.54) is 5.56 Å². The van der Waals surface area contributed by atoms with Crippen LogP contribution in [0.1, 0.15) is 26.3 Å². The van der Waals surface area contributed by atoms with Crippen molar-refractivity contribution in [2.45, 2.75) is 32.9 Å². The molecule has 1 aliphatic rings. The molecule has 1 amide bonds. The van der Waals surface area contributed by atoms with Crippen molar-refractivity contribution in [2.24, 2.45) is 0 Å². The van der Waals surface area contributed by atoms with Gasteiger partial charge in [-0.15, -0.1) is 0 Å². The number of fused-ring (bicyclic) bond motifs is 1. The Bertz CT molecular complexity index is 727. The van der Waals surface area contributed by atoms with E-state index in [4.69, 9.17) is 9.15 Å². The van der Waals surface area contributed by atoms with Gasteiger partial charge in [0, 0.05) is 48.1 Å². The van der Waals surface area contributed by atoms with E-state index in [1.54, 1.807) is 4.90 Å². The predicted octanol–water partition coefficient (Wildman–Crippen LogP) is 4.25. The van der Waals surface area contributed by atoms with E-state index in [2.05, 4.69) is 26.9 Å². The van der Waals surface area contributed by atoms with Crippen LogP contribution in [0.25, 0.3) is 11.0 Å². The molecule has 0 aliphatic carbocycles. The lowest BCUT2D eigenvalue weighted by molar-refractivity contribution is 0.0139. The number of benzene rings is 1. The van der Waals surface area contributed by atoms with E-state index in [0.29, 0.717) is 13.1 Å². The van der Waals surface area contributed by atoms with Crippen LogP contribution in [-0.4, -0.2) is 47.7 Å². The lowest BCUT2D eigenvalue weighted by atomic mass is 10.1. The molecule has 1 saturated heterocycles. The second-order valence-electron chi connectivity index (χ2n) is 7.14. The molecule has 6 heteroatoms. The third-order valence-electron chi connectivity index (χ3n) is 4.04. The third kappa shape index (κ3) is 4.11. The summed E-state index contributed by atoms with van der Waals surface area (Å²) in [5, 5.41) is 1.15. The van der Waals surface area contributed by atoms with E-state index < -0.39 is 5.60 Å². The number of hydrogen-bond acceptors (Lipinski definition) is 4. The average Bonchev–Trinajstić information content (AvgIpc) is 2.88. The highest BCUT2D eigenvalue weighted by Crippen LogP contribution is 2.26. The number of amides is 1. The molecule has 1 aromatic carbocycles. The fourth-order valence-corrected chi connectivity index (χ4v) is 3.18. The van der Waals surface area contributed by atoms with Gasteiger partial charge in [-0.25, -0.2) is 4.79 Å². The first kappa shape index (κ1) is 17.3. The minimum Gasteiger partial charge on any atom is -0.464 e. The summed E-state index contributed by atoms with van der Waals surface area (Å²) in [6.07, 6.45) is 1.61. The Kier molecular flexibility index (Phi) is 4.88. The molecule has 1 fully saturated rings. The molecule has 2 heterocycles. The molecule has 0 N–H and O–H groups in total. The number of carbonyl (C=O) groups is 1. The molecule has 0 bridgehead atoms. The molecule has 0 atom stereocenters. The Hall–Kier alpha value is -1.53. The molecule has 2 aromatic rings. The minimum atomic E-state index is -0.446. The van der Waals surface area contributed by atoms with Crippen molar-refractivity contribution in [3.8, 4) is 0 Å². The van der Waals surface area contributed by atoms with E-state index in [0.717, 1.165) is 35.1 Å². The minimum absolute atomic E-state index is 0.222. The zero-order valence-corrected chi connectivity index (χ0v) is 15.9. The highest BCUT2D eigenvalue weighted by molar-refractivity contribution is 9.10. The Morgan fingerprint density at radius 2 is 1.96 bits per heavy atom. The lowest BCUT2D eigenvalue weighted by Gasteiger charge is -2.35. The maximum absolute atomic E-state index is 12.1. The molecule has 1 aliphatic heterocycles. The first-order chi connectivity index (χ1) is 11.3. The van der Waals surface area contributed by atoms with Crippen LogP contribution in [0.3, 0.4) is 0 Å². The first-order valence-corrected chi connectivity index (χ1v) is 8.97. The zero-order chi connectivity index (χ0) is 17.3. The van der Waals surface area contributed by atoms with Crippen LogP contribution >= 0.6 is 15.9 Å². The van der Waals surface area contributed by atoms with Crippen molar-refractivity contribution >= 4 is 33.0 Å². The van der Waals surface area contributed by atoms with Crippen LogP contribution in [0.2, 0.25) is 0 Å². The van der Waals surface area contributed by atoms with Gasteiger partial charge in [-0.3, -0.25) is 4.90 Å². The summed E-state index contributed by atoms with van der Waals surface area (Å²) in [4.78, 5) is 16.2. The van der Waals surface area contributed by atoms with Crippen LogP contribution < -0.4 is 0 Å². The van der Waals surface area contributed by atoms with Crippen LogP contribution in [0, 0.1) is 0 Å². The third-order valence-corrected chi connectivity index (χ3v) is 4.53. The predicted molar refractivity (Wildman–Crippen MR) is 97.0 cm³/mol. The van der Waals surface area contributed by atoms with Gasteiger partial charge in [0.15, 0.2) is 0 Å². The number of carbonyl (C=O) groups excluding carboxylic acids is 1. The Balaban J connectivity index is 1.58. The van der Waals surface area contributed by atoms with Crippen LogP contribution in [0.4, 0.5) is 4.79 Å². The van der Waals surface area contributed by atoms with Crippen molar-refractivity contribution < 1.29 is 13.9 Å². The number of halogens is 1. The monoisotopic (exact) mass is 394 g/mol. The Morgan fingerprint density at radius 3 is 2.62 bits per heavy atom. The summed E-state index contributed by atoms with van der Waals surface area (Å²) in [7, 11) is 0. The van der Waals surface area contributed by atoms with Crippen molar-refractivity contribution in [2.75, 3.05) is 26.2 Å². The number of nitrogens with zero attached hydrogens (tertiary/aromatic N) is 2. The summed E-state index contributed by atoms with van der Waals surface area (Å²) in [6.45, 7) is 9.56. The number of furan rings is 1. The summed E-state index contributed by atoms with van der Waals surface area (Å²) < 4.78 is 12.1. The summed E-state index contributed by atoms with van der Waals surface area (Å²) in [6, 6.07) is 6.09. The van der Waals surface area contributed by atoms with E-state index in [9.17, 15) is 4.79 Å². The zero-order valence-electron chi connectivity index (χ0n) is 14.3. The fraction of sp³-hybridized carbons (Fsp3) is 0.500. The quantitative estimate of drug-likeness (QED) is 0.763.